The molecule has 160 valence electrons. The number of nitrogens with zero attached hydrogens (tertiary/aromatic N) is 3. The van der Waals surface area contributed by atoms with Gasteiger partial charge in [0, 0.05) is 29.0 Å². The Bertz CT molecular complexity index is 1440. The monoisotopic (exact) mass is 463 g/mol. The van der Waals surface area contributed by atoms with E-state index in [1.54, 1.807) is 0 Å². The van der Waals surface area contributed by atoms with Crippen molar-refractivity contribution in [1.29, 1.82) is 0 Å². The summed E-state index contributed by atoms with van der Waals surface area (Å²) in [5.41, 5.74) is 1.41. The molecule has 0 saturated carbocycles. The zero-order chi connectivity index (χ0) is 22.3. The molecule has 0 amide bonds. The average molecular weight is 464 g/mol. The number of fused-ring (bicyclic) bond motifs is 1. The first-order valence-corrected chi connectivity index (χ1v) is 12.1. The molecule has 0 bridgehead atoms. The second kappa shape index (κ2) is 7.85. The Hall–Kier alpha value is -3.56. The van der Waals surface area contributed by atoms with Gasteiger partial charge in [0.1, 0.15) is 6.04 Å². The van der Waals surface area contributed by atoms with E-state index in [4.69, 9.17) is 0 Å². The Kier molecular flexibility index (Phi) is 4.99. The SMILES string of the molecule is O=[N+]([O-])c1ccc(S(=O)(=O)N2N=C(c3cccc4ccccc34)CC2c2cccs2)cc1. The number of non-ortho nitro benzene ring substituents is 1. The fourth-order valence-electron chi connectivity index (χ4n) is 3.89. The third kappa shape index (κ3) is 3.45. The van der Waals surface area contributed by atoms with Gasteiger partial charge in [0.25, 0.3) is 15.7 Å². The van der Waals surface area contributed by atoms with E-state index >= 15 is 0 Å². The lowest BCUT2D eigenvalue weighted by Gasteiger charge is -2.22. The van der Waals surface area contributed by atoms with Crippen LogP contribution in [0.3, 0.4) is 0 Å². The van der Waals surface area contributed by atoms with E-state index in [0.29, 0.717) is 12.1 Å². The summed E-state index contributed by atoms with van der Waals surface area (Å²) in [6.07, 6.45) is 0.431. The maximum Gasteiger partial charge on any atom is 0.279 e. The highest BCUT2D eigenvalue weighted by molar-refractivity contribution is 7.89. The summed E-state index contributed by atoms with van der Waals surface area (Å²) < 4.78 is 28.2. The van der Waals surface area contributed by atoms with Crippen LogP contribution in [0, 0.1) is 10.1 Å². The lowest BCUT2D eigenvalue weighted by Crippen LogP contribution is -2.26. The molecular weight excluding hydrogens is 446 g/mol. The van der Waals surface area contributed by atoms with Crippen molar-refractivity contribution in [2.75, 3.05) is 0 Å². The maximum atomic E-state index is 13.5. The first kappa shape index (κ1) is 20.3. The molecule has 0 fully saturated rings. The van der Waals surface area contributed by atoms with Gasteiger partial charge in [-0.05, 0) is 34.4 Å². The molecule has 0 saturated heterocycles. The number of hydrazone groups is 1. The number of nitro benzene ring substituents is 1. The number of nitro groups is 1. The topological polar surface area (TPSA) is 92.9 Å². The number of thiophene rings is 1. The van der Waals surface area contributed by atoms with Gasteiger partial charge in [-0.15, -0.1) is 11.3 Å². The van der Waals surface area contributed by atoms with Gasteiger partial charge >= 0.3 is 0 Å². The Balaban J connectivity index is 1.62. The van der Waals surface area contributed by atoms with Crippen molar-refractivity contribution in [3.63, 3.8) is 0 Å². The Morgan fingerprint density at radius 2 is 1.72 bits per heavy atom. The van der Waals surface area contributed by atoms with Crippen LogP contribution in [0.5, 0.6) is 0 Å². The molecule has 0 aliphatic carbocycles. The zero-order valence-corrected chi connectivity index (χ0v) is 18.3. The molecule has 4 aromatic rings. The standard InChI is InChI=1S/C23H17N3O4S2/c27-26(28)17-10-12-18(13-11-17)32(29,30)25-22(23-9-4-14-31-23)15-21(24-25)20-8-3-6-16-5-1-2-7-19(16)20/h1-14,22H,15H2. The largest absolute Gasteiger partial charge is 0.279 e. The van der Waals surface area contributed by atoms with Crippen LogP contribution in [-0.4, -0.2) is 23.5 Å². The van der Waals surface area contributed by atoms with Crippen molar-refractivity contribution in [3.8, 4) is 0 Å². The van der Waals surface area contributed by atoms with E-state index < -0.39 is 21.0 Å². The molecule has 7 nitrogen and oxygen atoms in total. The lowest BCUT2D eigenvalue weighted by molar-refractivity contribution is -0.384. The minimum absolute atomic E-state index is 0.0347. The molecule has 1 aliphatic rings. The smallest absolute Gasteiger partial charge is 0.258 e. The summed E-state index contributed by atoms with van der Waals surface area (Å²) in [5, 5.41) is 19.5. The van der Waals surface area contributed by atoms with Crippen molar-refractivity contribution in [2.24, 2.45) is 5.10 Å². The molecule has 5 rings (SSSR count). The molecule has 3 aromatic carbocycles. The first-order chi connectivity index (χ1) is 15.4. The van der Waals surface area contributed by atoms with Crippen LogP contribution in [0.4, 0.5) is 5.69 Å². The van der Waals surface area contributed by atoms with Crippen LogP contribution < -0.4 is 0 Å². The number of benzene rings is 3. The fraction of sp³-hybridized carbons (Fsp3) is 0.0870. The minimum atomic E-state index is -4.02. The lowest BCUT2D eigenvalue weighted by atomic mass is 9.97. The van der Waals surface area contributed by atoms with Crippen molar-refractivity contribution < 1.29 is 13.3 Å². The van der Waals surface area contributed by atoms with E-state index in [9.17, 15) is 18.5 Å². The molecule has 0 radical (unpaired) electrons. The number of rotatable bonds is 5. The normalized spacial score (nSPS) is 16.3. The molecule has 9 heteroatoms. The average Bonchev–Trinajstić information content (AvgIpc) is 3.49. The summed E-state index contributed by atoms with van der Waals surface area (Å²) in [4.78, 5) is 11.2. The Morgan fingerprint density at radius 3 is 2.44 bits per heavy atom. The predicted molar refractivity (Wildman–Crippen MR) is 124 cm³/mol. The highest BCUT2D eigenvalue weighted by atomic mass is 32.2. The zero-order valence-electron chi connectivity index (χ0n) is 16.7. The van der Waals surface area contributed by atoms with Gasteiger partial charge < -0.3 is 0 Å². The summed E-state index contributed by atoms with van der Waals surface area (Å²) in [7, 11) is -4.02. The van der Waals surface area contributed by atoms with Crippen LogP contribution in [0.1, 0.15) is 22.9 Å². The van der Waals surface area contributed by atoms with E-state index in [1.165, 1.54) is 35.6 Å². The number of hydrogen-bond donors (Lipinski definition) is 0. The van der Waals surface area contributed by atoms with Crippen molar-refractivity contribution in [3.05, 3.63) is 105 Å². The molecule has 32 heavy (non-hydrogen) atoms. The van der Waals surface area contributed by atoms with Crippen LogP contribution in [0.25, 0.3) is 10.8 Å². The minimum Gasteiger partial charge on any atom is -0.258 e. The molecule has 1 atom stereocenters. The molecule has 1 aromatic heterocycles. The molecule has 1 unspecified atom stereocenters. The Labute approximate surface area is 188 Å². The van der Waals surface area contributed by atoms with Gasteiger partial charge in [-0.2, -0.15) is 17.9 Å². The highest BCUT2D eigenvalue weighted by Gasteiger charge is 2.38. The highest BCUT2D eigenvalue weighted by Crippen LogP contribution is 2.40. The van der Waals surface area contributed by atoms with E-state index in [-0.39, 0.29) is 10.6 Å². The van der Waals surface area contributed by atoms with Crippen LogP contribution in [0.2, 0.25) is 0 Å². The fourth-order valence-corrected chi connectivity index (χ4v) is 6.19. The molecule has 0 N–H and O–H groups in total. The van der Waals surface area contributed by atoms with Gasteiger partial charge in [0.05, 0.1) is 15.5 Å². The summed E-state index contributed by atoms with van der Waals surface area (Å²) in [6, 6.07) is 22.0. The van der Waals surface area contributed by atoms with E-state index in [1.807, 2.05) is 60.0 Å². The van der Waals surface area contributed by atoms with Gasteiger partial charge in [-0.25, -0.2) is 0 Å². The van der Waals surface area contributed by atoms with Gasteiger partial charge in [-0.1, -0.05) is 48.5 Å². The predicted octanol–water partition coefficient (Wildman–Crippen LogP) is 5.35. The molecule has 0 spiro atoms. The van der Waals surface area contributed by atoms with Crippen LogP contribution in [-0.2, 0) is 10.0 Å². The second-order valence-corrected chi connectivity index (χ2v) is 10.1. The first-order valence-electron chi connectivity index (χ1n) is 9.83. The molecule has 1 aliphatic heterocycles. The van der Waals surface area contributed by atoms with Gasteiger partial charge in [0.2, 0.25) is 0 Å². The summed E-state index contributed by atoms with van der Waals surface area (Å²) in [5.74, 6) is 0. The maximum absolute atomic E-state index is 13.5. The summed E-state index contributed by atoms with van der Waals surface area (Å²) in [6.45, 7) is 0. The molecular formula is C23H17N3O4S2. The van der Waals surface area contributed by atoms with Crippen molar-refractivity contribution >= 4 is 43.5 Å². The van der Waals surface area contributed by atoms with Gasteiger partial charge in [-0.3, -0.25) is 10.1 Å². The van der Waals surface area contributed by atoms with Gasteiger partial charge in [0.15, 0.2) is 0 Å². The van der Waals surface area contributed by atoms with E-state index in [2.05, 4.69) is 5.10 Å². The van der Waals surface area contributed by atoms with E-state index in [0.717, 1.165) is 25.6 Å². The van der Waals surface area contributed by atoms with Crippen molar-refractivity contribution in [1.82, 2.24) is 4.41 Å². The second-order valence-electron chi connectivity index (χ2n) is 7.34. The summed E-state index contributed by atoms with van der Waals surface area (Å²) >= 11 is 1.47. The number of sulfonamides is 1. The van der Waals surface area contributed by atoms with Crippen LogP contribution in [0.15, 0.2) is 94.2 Å². The quantitative estimate of drug-likeness (QED) is 0.295. The third-order valence-corrected chi connectivity index (χ3v) is 8.11. The Morgan fingerprint density at radius 1 is 0.969 bits per heavy atom. The van der Waals surface area contributed by atoms with Crippen molar-refractivity contribution in [2.45, 2.75) is 17.4 Å². The van der Waals surface area contributed by atoms with Crippen LogP contribution >= 0.6 is 11.3 Å². The third-order valence-electron chi connectivity index (χ3n) is 5.44. The molecule has 2 heterocycles. The number of hydrogen-bond acceptors (Lipinski definition) is 6.